The molecule has 2 aromatic heterocycles. The Morgan fingerprint density at radius 1 is 1.30 bits per heavy atom. The van der Waals surface area contributed by atoms with E-state index in [1.165, 1.54) is 23.5 Å². The zero-order chi connectivity index (χ0) is 21.1. The van der Waals surface area contributed by atoms with Crippen molar-refractivity contribution in [3.05, 3.63) is 57.7 Å². The number of hydrogen-bond donors (Lipinski definition) is 1. The maximum Gasteiger partial charge on any atom is 0.274 e. The van der Waals surface area contributed by atoms with Gasteiger partial charge in [0.25, 0.3) is 5.91 Å². The molecule has 0 radical (unpaired) electrons. The molecular formula is C21H21BrFN5OS. The van der Waals surface area contributed by atoms with Crippen LogP contribution in [0.15, 0.2) is 41.1 Å². The fourth-order valence-corrected chi connectivity index (χ4v) is 4.73. The van der Waals surface area contributed by atoms with Gasteiger partial charge < -0.3 is 10.2 Å². The van der Waals surface area contributed by atoms with Crippen LogP contribution in [0.25, 0.3) is 10.4 Å². The summed E-state index contributed by atoms with van der Waals surface area (Å²) < 4.78 is 14.2. The lowest BCUT2D eigenvalue weighted by Gasteiger charge is -2.24. The average Bonchev–Trinajstić information content (AvgIpc) is 3.40. The summed E-state index contributed by atoms with van der Waals surface area (Å²) in [5.74, 6) is 0.158. The Morgan fingerprint density at radius 2 is 2.03 bits per heavy atom. The number of amides is 1. The topological polar surface area (TPSA) is 71.0 Å². The molecule has 6 nitrogen and oxygen atoms in total. The number of nitrogens with zero attached hydrogens (tertiary/aromatic N) is 4. The molecule has 156 valence electrons. The van der Waals surface area contributed by atoms with Gasteiger partial charge in [-0.15, -0.1) is 11.3 Å². The summed E-state index contributed by atoms with van der Waals surface area (Å²) >= 11 is 4.82. The molecule has 30 heavy (non-hydrogen) atoms. The summed E-state index contributed by atoms with van der Waals surface area (Å²) in [7, 11) is 0. The predicted molar refractivity (Wildman–Crippen MR) is 119 cm³/mol. The van der Waals surface area contributed by atoms with Crippen LogP contribution in [0, 0.1) is 5.82 Å². The number of rotatable bonds is 6. The van der Waals surface area contributed by atoms with E-state index in [4.69, 9.17) is 0 Å². The number of thiazole rings is 1. The van der Waals surface area contributed by atoms with Crippen LogP contribution < -0.4 is 5.32 Å². The Hall–Kier alpha value is -2.39. The molecule has 0 aliphatic carbocycles. The molecule has 0 bridgehead atoms. The van der Waals surface area contributed by atoms with Gasteiger partial charge in [0.1, 0.15) is 11.5 Å². The summed E-state index contributed by atoms with van der Waals surface area (Å²) in [6.07, 6.45) is 5.97. The Kier molecular flexibility index (Phi) is 6.38. The van der Waals surface area contributed by atoms with Crippen LogP contribution in [0.5, 0.6) is 0 Å². The molecule has 1 amide bonds. The molecule has 1 aromatic carbocycles. The Morgan fingerprint density at radius 3 is 2.73 bits per heavy atom. The molecule has 1 aliphatic heterocycles. The number of aromatic nitrogens is 3. The lowest BCUT2D eigenvalue weighted by molar-refractivity contribution is 0.0739. The number of anilines is 1. The van der Waals surface area contributed by atoms with E-state index in [0.717, 1.165) is 39.2 Å². The first-order valence-corrected chi connectivity index (χ1v) is 11.4. The number of hydrogen-bond acceptors (Lipinski definition) is 6. The van der Waals surface area contributed by atoms with Crippen molar-refractivity contribution >= 4 is 39.1 Å². The van der Waals surface area contributed by atoms with Crippen LogP contribution in [-0.4, -0.2) is 44.9 Å². The van der Waals surface area contributed by atoms with Crippen LogP contribution in [0.2, 0.25) is 0 Å². The SMILES string of the molecule is CCc1nc(C(=O)N2CCC[C@H]2CNc2ncc(Br)cn2)c(-c2ccc(F)cc2)s1. The van der Waals surface area contributed by atoms with Crippen molar-refractivity contribution in [3.63, 3.8) is 0 Å². The second kappa shape index (κ2) is 9.18. The Balaban J connectivity index is 1.54. The number of halogens is 2. The minimum atomic E-state index is -0.298. The molecule has 1 saturated heterocycles. The van der Waals surface area contributed by atoms with E-state index in [1.54, 1.807) is 24.5 Å². The highest BCUT2D eigenvalue weighted by atomic mass is 79.9. The van der Waals surface area contributed by atoms with Gasteiger partial charge in [0.15, 0.2) is 0 Å². The van der Waals surface area contributed by atoms with Gasteiger partial charge in [-0.3, -0.25) is 4.79 Å². The summed E-state index contributed by atoms with van der Waals surface area (Å²) in [6.45, 7) is 3.28. The van der Waals surface area contributed by atoms with Gasteiger partial charge in [-0.2, -0.15) is 0 Å². The van der Waals surface area contributed by atoms with Gasteiger partial charge in [0, 0.05) is 31.5 Å². The number of carbonyl (C=O) groups excluding carboxylic acids is 1. The maximum absolute atomic E-state index is 13.4. The summed E-state index contributed by atoms with van der Waals surface area (Å²) in [5.41, 5.74) is 1.27. The smallest absolute Gasteiger partial charge is 0.274 e. The van der Waals surface area contributed by atoms with Crippen LogP contribution in [0.4, 0.5) is 10.3 Å². The molecule has 1 fully saturated rings. The van der Waals surface area contributed by atoms with Crippen LogP contribution >= 0.6 is 27.3 Å². The van der Waals surface area contributed by atoms with E-state index in [2.05, 4.69) is 36.2 Å². The predicted octanol–water partition coefficient (Wildman–Crippen LogP) is 4.78. The lowest BCUT2D eigenvalue weighted by atomic mass is 10.1. The highest BCUT2D eigenvalue weighted by Gasteiger charge is 2.32. The van der Waals surface area contributed by atoms with Crippen LogP contribution in [0.3, 0.4) is 0 Å². The third kappa shape index (κ3) is 4.52. The number of aryl methyl sites for hydroxylation is 1. The minimum absolute atomic E-state index is 0.0394. The molecule has 1 N–H and O–H groups in total. The average molecular weight is 490 g/mol. The van der Waals surface area contributed by atoms with Crippen molar-refractivity contribution in [1.29, 1.82) is 0 Å². The highest BCUT2D eigenvalue weighted by molar-refractivity contribution is 9.10. The third-order valence-electron chi connectivity index (χ3n) is 5.04. The van der Waals surface area contributed by atoms with Crippen molar-refractivity contribution in [1.82, 2.24) is 19.9 Å². The molecule has 3 heterocycles. The van der Waals surface area contributed by atoms with E-state index in [9.17, 15) is 9.18 Å². The van der Waals surface area contributed by atoms with Crippen molar-refractivity contribution in [3.8, 4) is 10.4 Å². The molecule has 1 aliphatic rings. The fourth-order valence-electron chi connectivity index (χ4n) is 3.52. The fraction of sp³-hybridized carbons (Fsp3) is 0.333. The first kappa shape index (κ1) is 20.9. The summed E-state index contributed by atoms with van der Waals surface area (Å²) in [4.78, 5) is 29.2. The van der Waals surface area contributed by atoms with Crippen LogP contribution in [0.1, 0.15) is 35.3 Å². The normalized spacial score (nSPS) is 16.1. The molecule has 4 rings (SSSR count). The second-order valence-electron chi connectivity index (χ2n) is 7.05. The van der Waals surface area contributed by atoms with Gasteiger partial charge in [0.2, 0.25) is 5.95 Å². The largest absolute Gasteiger partial charge is 0.352 e. The number of benzene rings is 1. The van der Waals surface area contributed by atoms with E-state index < -0.39 is 0 Å². The van der Waals surface area contributed by atoms with E-state index >= 15 is 0 Å². The van der Waals surface area contributed by atoms with Crippen molar-refractivity contribution in [2.75, 3.05) is 18.4 Å². The zero-order valence-corrected chi connectivity index (χ0v) is 18.8. The minimum Gasteiger partial charge on any atom is -0.352 e. The molecule has 3 aromatic rings. The van der Waals surface area contributed by atoms with E-state index in [0.29, 0.717) is 24.7 Å². The highest BCUT2D eigenvalue weighted by Crippen LogP contribution is 2.33. The maximum atomic E-state index is 13.4. The Bertz CT molecular complexity index is 1020. The van der Waals surface area contributed by atoms with Crippen molar-refractivity contribution < 1.29 is 9.18 Å². The van der Waals surface area contributed by atoms with E-state index in [1.807, 2.05) is 11.8 Å². The van der Waals surface area contributed by atoms with Gasteiger partial charge in [0.05, 0.1) is 14.4 Å². The molecule has 0 unspecified atom stereocenters. The number of likely N-dealkylation sites (tertiary alicyclic amines) is 1. The third-order valence-corrected chi connectivity index (χ3v) is 6.70. The first-order chi connectivity index (χ1) is 14.5. The second-order valence-corrected chi connectivity index (χ2v) is 9.05. The number of carbonyl (C=O) groups is 1. The van der Waals surface area contributed by atoms with Gasteiger partial charge in [-0.05, 0) is 52.9 Å². The van der Waals surface area contributed by atoms with Crippen LogP contribution in [-0.2, 0) is 6.42 Å². The first-order valence-electron chi connectivity index (χ1n) is 9.83. The number of nitrogens with one attached hydrogen (secondary N) is 1. The van der Waals surface area contributed by atoms with Crippen molar-refractivity contribution in [2.24, 2.45) is 0 Å². The molecule has 0 saturated carbocycles. The monoisotopic (exact) mass is 489 g/mol. The molecule has 0 spiro atoms. The summed E-state index contributed by atoms with van der Waals surface area (Å²) in [5, 5.41) is 4.12. The Labute approximate surface area is 186 Å². The van der Waals surface area contributed by atoms with Gasteiger partial charge >= 0.3 is 0 Å². The van der Waals surface area contributed by atoms with Gasteiger partial charge in [-0.25, -0.2) is 19.3 Å². The van der Waals surface area contributed by atoms with E-state index in [-0.39, 0.29) is 17.8 Å². The summed E-state index contributed by atoms with van der Waals surface area (Å²) in [6, 6.07) is 6.27. The lowest BCUT2D eigenvalue weighted by Crippen LogP contribution is -2.40. The standard InChI is InChI=1S/C21H21BrFN5OS/c1-2-17-27-18(19(30-17)13-5-7-15(23)8-6-13)20(29)28-9-3-4-16(28)12-26-21-24-10-14(22)11-25-21/h5-8,10-11,16H,2-4,9,12H2,1H3,(H,24,25,26)/t16-/m0/s1. The molecule has 1 atom stereocenters. The quantitative estimate of drug-likeness (QED) is 0.539. The zero-order valence-electron chi connectivity index (χ0n) is 16.4. The molecule has 9 heteroatoms. The van der Waals surface area contributed by atoms with Crippen molar-refractivity contribution in [2.45, 2.75) is 32.2 Å². The molecular weight excluding hydrogens is 469 g/mol. The van der Waals surface area contributed by atoms with Gasteiger partial charge in [-0.1, -0.05) is 19.1 Å².